The number of nitrogens with zero attached hydrogens (tertiary/aromatic N) is 3. The van der Waals surface area contributed by atoms with Crippen molar-refractivity contribution in [2.45, 2.75) is 46.0 Å². The van der Waals surface area contributed by atoms with Crippen LogP contribution in [0.5, 0.6) is 0 Å². The van der Waals surface area contributed by atoms with Crippen molar-refractivity contribution in [1.82, 2.24) is 10.2 Å². The molecule has 4 nitrogen and oxygen atoms in total. The minimum Gasteiger partial charge on any atom is -0.367 e. The summed E-state index contributed by atoms with van der Waals surface area (Å²) in [7, 11) is 0. The first kappa shape index (κ1) is 14.4. The molecule has 0 saturated heterocycles. The van der Waals surface area contributed by atoms with Crippen molar-refractivity contribution in [2.75, 3.05) is 11.9 Å². The molecule has 18 heavy (non-hydrogen) atoms. The van der Waals surface area contributed by atoms with Gasteiger partial charge in [-0.15, -0.1) is 5.10 Å². The highest BCUT2D eigenvalue weighted by atomic mass is 15.2. The molecule has 1 aromatic heterocycles. The van der Waals surface area contributed by atoms with Gasteiger partial charge in [0, 0.05) is 6.54 Å². The molecule has 0 bridgehead atoms. The van der Waals surface area contributed by atoms with Crippen LogP contribution in [0, 0.1) is 17.2 Å². The highest BCUT2D eigenvalue weighted by Crippen LogP contribution is 2.11. The Morgan fingerprint density at radius 1 is 1.28 bits per heavy atom. The van der Waals surface area contributed by atoms with Gasteiger partial charge in [-0.1, -0.05) is 39.5 Å². The molecule has 0 aliphatic carbocycles. The second kappa shape index (κ2) is 8.46. The Labute approximate surface area is 109 Å². The average molecular weight is 246 g/mol. The molecular formula is C14H22N4. The molecule has 0 atom stereocenters. The fraction of sp³-hybridized carbons (Fsp3) is 0.643. The van der Waals surface area contributed by atoms with Gasteiger partial charge in [-0.05, 0) is 18.4 Å². The van der Waals surface area contributed by atoms with E-state index in [-0.39, 0.29) is 0 Å². The van der Waals surface area contributed by atoms with E-state index in [2.05, 4.69) is 35.4 Å². The third kappa shape index (κ3) is 5.62. The topological polar surface area (TPSA) is 61.6 Å². The standard InChI is InChI=1S/C14H22N4/c1-12(2)7-5-3-4-6-9-16-14-13(11-15)8-10-17-18-14/h8,10,12H,3-7,9H2,1-2H3,(H,16,18). The Kier molecular flexibility index (Phi) is 6.78. The number of hydrogen-bond donors (Lipinski definition) is 1. The van der Waals surface area contributed by atoms with Crippen molar-refractivity contribution in [1.29, 1.82) is 5.26 Å². The predicted molar refractivity (Wildman–Crippen MR) is 73.2 cm³/mol. The van der Waals surface area contributed by atoms with E-state index in [1.807, 2.05) is 0 Å². The van der Waals surface area contributed by atoms with Gasteiger partial charge in [0.1, 0.15) is 6.07 Å². The van der Waals surface area contributed by atoms with E-state index in [1.165, 1.54) is 31.9 Å². The van der Waals surface area contributed by atoms with E-state index in [0.29, 0.717) is 11.4 Å². The first-order chi connectivity index (χ1) is 8.74. The molecule has 0 saturated carbocycles. The van der Waals surface area contributed by atoms with E-state index in [4.69, 9.17) is 5.26 Å². The van der Waals surface area contributed by atoms with E-state index >= 15 is 0 Å². The summed E-state index contributed by atoms with van der Waals surface area (Å²) in [6.45, 7) is 5.38. The maximum absolute atomic E-state index is 8.89. The molecule has 1 N–H and O–H groups in total. The van der Waals surface area contributed by atoms with Crippen molar-refractivity contribution in [2.24, 2.45) is 5.92 Å². The average Bonchev–Trinajstić information content (AvgIpc) is 2.37. The van der Waals surface area contributed by atoms with Crippen LogP contribution in [0.2, 0.25) is 0 Å². The lowest BCUT2D eigenvalue weighted by Crippen LogP contribution is -2.06. The van der Waals surface area contributed by atoms with Crippen molar-refractivity contribution >= 4 is 5.82 Å². The van der Waals surface area contributed by atoms with Crippen LogP contribution in [0.3, 0.4) is 0 Å². The van der Waals surface area contributed by atoms with E-state index in [1.54, 1.807) is 6.07 Å². The molecule has 0 aliphatic heterocycles. The van der Waals surface area contributed by atoms with Gasteiger partial charge in [-0.2, -0.15) is 10.4 Å². The van der Waals surface area contributed by atoms with Gasteiger partial charge in [-0.3, -0.25) is 0 Å². The Morgan fingerprint density at radius 2 is 2.06 bits per heavy atom. The fourth-order valence-electron chi connectivity index (χ4n) is 1.79. The van der Waals surface area contributed by atoms with Crippen LogP contribution in [-0.4, -0.2) is 16.7 Å². The zero-order chi connectivity index (χ0) is 13.2. The third-order valence-electron chi connectivity index (χ3n) is 2.84. The minimum absolute atomic E-state index is 0.560. The first-order valence-electron chi connectivity index (χ1n) is 6.69. The van der Waals surface area contributed by atoms with Crippen LogP contribution in [0.4, 0.5) is 5.82 Å². The van der Waals surface area contributed by atoms with Gasteiger partial charge >= 0.3 is 0 Å². The smallest absolute Gasteiger partial charge is 0.166 e. The van der Waals surface area contributed by atoms with Crippen molar-refractivity contribution in [3.8, 4) is 6.07 Å². The Bertz CT molecular complexity index is 382. The second-order valence-electron chi connectivity index (χ2n) is 4.93. The number of anilines is 1. The number of nitrogens with one attached hydrogen (secondary N) is 1. The Morgan fingerprint density at radius 3 is 2.78 bits per heavy atom. The summed E-state index contributed by atoms with van der Waals surface area (Å²) in [6.07, 6.45) is 7.78. The normalized spacial score (nSPS) is 10.3. The Hall–Kier alpha value is -1.63. The number of rotatable bonds is 8. The van der Waals surface area contributed by atoms with Crippen LogP contribution in [-0.2, 0) is 0 Å². The quantitative estimate of drug-likeness (QED) is 0.714. The maximum Gasteiger partial charge on any atom is 0.166 e. The van der Waals surface area contributed by atoms with Crippen LogP contribution >= 0.6 is 0 Å². The van der Waals surface area contributed by atoms with Crippen LogP contribution in [0.25, 0.3) is 0 Å². The largest absolute Gasteiger partial charge is 0.367 e. The van der Waals surface area contributed by atoms with Gasteiger partial charge in [0.25, 0.3) is 0 Å². The van der Waals surface area contributed by atoms with Gasteiger partial charge < -0.3 is 5.32 Å². The molecule has 4 heteroatoms. The lowest BCUT2D eigenvalue weighted by atomic mass is 10.0. The minimum atomic E-state index is 0.560. The maximum atomic E-state index is 8.89. The molecule has 1 aromatic rings. The summed E-state index contributed by atoms with van der Waals surface area (Å²) >= 11 is 0. The predicted octanol–water partition coefficient (Wildman–Crippen LogP) is 3.37. The lowest BCUT2D eigenvalue weighted by molar-refractivity contribution is 0.523. The summed E-state index contributed by atoms with van der Waals surface area (Å²) < 4.78 is 0. The van der Waals surface area contributed by atoms with Crippen molar-refractivity contribution in [3.05, 3.63) is 17.8 Å². The molecule has 1 heterocycles. The third-order valence-corrected chi connectivity index (χ3v) is 2.84. The van der Waals surface area contributed by atoms with Crippen molar-refractivity contribution < 1.29 is 0 Å². The highest BCUT2D eigenvalue weighted by molar-refractivity contribution is 5.49. The highest BCUT2D eigenvalue weighted by Gasteiger charge is 2.01. The zero-order valence-corrected chi connectivity index (χ0v) is 11.3. The van der Waals surface area contributed by atoms with Gasteiger partial charge in [-0.25, -0.2) is 0 Å². The summed E-state index contributed by atoms with van der Waals surface area (Å²) in [4.78, 5) is 0. The molecule has 0 fully saturated rings. The number of unbranched alkanes of at least 4 members (excludes halogenated alkanes) is 3. The summed E-state index contributed by atoms with van der Waals surface area (Å²) in [5.41, 5.74) is 0.560. The zero-order valence-electron chi connectivity index (χ0n) is 11.3. The Balaban J connectivity index is 2.13. The van der Waals surface area contributed by atoms with Crippen molar-refractivity contribution in [3.63, 3.8) is 0 Å². The molecule has 98 valence electrons. The number of hydrogen-bond acceptors (Lipinski definition) is 4. The fourth-order valence-corrected chi connectivity index (χ4v) is 1.79. The molecule has 0 aromatic carbocycles. The van der Waals surface area contributed by atoms with E-state index in [0.717, 1.165) is 18.9 Å². The number of aromatic nitrogens is 2. The molecule has 0 spiro atoms. The van der Waals surface area contributed by atoms with Gasteiger partial charge in [0.15, 0.2) is 5.82 Å². The lowest BCUT2D eigenvalue weighted by Gasteiger charge is -2.06. The number of nitriles is 1. The monoisotopic (exact) mass is 246 g/mol. The summed E-state index contributed by atoms with van der Waals surface area (Å²) in [5, 5.41) is 19.8. The second-order valence-corrected chi connectivity index (χ2v) is 4.93. The van der Waals surface area contributed by atoms with Crippen LogP contribution in [0.1, 0.15) is 51.5 Å². The molecule has 1 rings (SSSR count). The van der Waals surface area contributed by atoms with Crippen LogP contribution < -0.4 is 5.32 Å². The summed E-state index contributed by atoms with van der Waals surface area (Å²) in [6, 6.07) is 3.78. The van der Waals surface area contributed by atoms with Crippen LogP contribution in [0.15, 0.2) is 12.3 Å². The molecule has 0 unspecified atom stereocenters. The molecule has 0 amide bonds. The molecule has 0 radical (unpaired) electrons. The van der Waals surface area contributed by atoms with Gasteiger partial charge in [0.2, 0.25) is 0 Å². The first-order valence-corrected chi connectivity index (χ1v) is 6.69. The molecular weight excluding hydrogens is 224 g/mol. The SMILES string of the molecule is CC(C)CCCCCCNc1nnccc1C#N. The van der Waals surface area contributed by atoms with E-state index in [9.17, 15) is 0 Å². The van der Waals surface area contributed by atoms with E-state index < -0.39 is 0 Å². The van der Waals surface area contributed by atoms with Gasteiger partial charge in [0.05, 0.1) is 11.8 Å². The molecule has 0 aliphatic rings. The summed E-state index contributed by atoms with van der Waals surface area (Å²) in [5.74, 6) is 1.41.